The first-order valence-corrected chi connectivity index (χ1v) is 5.58. The lowest BCUT2D eigenvalue weighted by Gasteiger charge is -2.10. The molecule has 1 aromatic carbocycles. The molecular weight excluding hydrogens is 292 g/mol. The fourth-order valence-electron chi connectivity index (χ4n) is 1.51. The monoisotopic (exact) mass is 300 g/mol. The van der Waals surface area contributed by atoms with Crippen molar-refractivity contribution in [2.24, 2.45) is 5.73 Å². The molecular formula is C13H8F4N2O2. The highest BCUT2D eigenvalue weighted by Crippen LogP contribution is 2.32. The molecule has 0 fully saturated rings. The third-order valence-electron chi connectivity index (χ3n) is 2.40. The highest BCUT2D eigenvalue weighted by atomic mass is 19.4. The van der Waals surface area contributed by atoms with Crippen molar-refractivity contribution in [2.75, 3.05) is 0 Å². The van der Waals surface area contributed by atoms with Crippen molar-refractivity contribution in [1.82, 2.24) is 4.98 Å². The van der Waals surface area contributed by atoms with Gasteiger partial charge in [0.1, 0.15) is 17.3 Å². The molecule has 1 aromatic heterocycles. The van der Waals surface area contributed by atoms with Crippen LogP contribution in [0.25, 0.3) is 0 Å². The van der Waals surface area contributed by atoms with Crippen LogP contribution in [0.2, 0.25) is 0 Å². The van der Waals surface area contributed by atoms with E-state index >= 15 is 0 Å². The molecule has 0 aliphatic rings. The van der Waals surface area contributed by atoms with Gasteiger partial charge in [-0.1, -0.05) is 6.07 Å². The van der Waals surface area contributed by atoms with Gasteiger partial charge in [0.2, 0.25) is 5.88 Å². The summed E-state index contributed by atoms with van der Waals surface area (Å²) in [5.74, 6) is -2.40. The van der Waals surface area contributed by atoms with E-state index in [1.165, 1.54) is 6.07 Å². The number of nitrogens with two attached hydrogens (primary N) is 1. The van der Waals surface area contributed by atoms with Crippen molar-refractivity contribution in [1.29, 1.82) is 0 Å². The summed E-state index contributed by atoms with van der Waals surface area (Å²) >= 11 is 0. The molecule has 21 heavy (non-hydrogen) atoms. The summed E-state index contributed by atoms with van der Waals surface area (Å²) < 4.78 is 55.9. The second-order valence-electron chi connectivity index (χ2n) is 4.00. The molecule has 0 bridgehead atoms. The van der Waals surface area contributed by atoms with Gasteiger partial charge in [0.25, 0.3) is 5.91 Å². The van der Waals surface area contributed by atoms with Crippen LogP contribution < -0.4 is 10.5 Å². The van der Waals surface area contributed by atoms with Gasteiger partial charge in [0.15, 0.2) is 0 Å². The van der Waals surface area contributed by atoms with E-state index in [-0.39, 0.29) is 11.6 Å². The number of nitrogens with zero attached hydrogens (tertiary/aromatic N) is 1. The predicted octanol–water partition coefficient (Wildman–Crippen LogP) is 3.13. The Morgan fingerprint density at radius 2 is 1.90 bits per heavy atom. The maximum absolute atomic E-state index is 13.3. The molecule has 0 atom stereocenters. The van der Waals surface area contributed by atoms with Gasteiger partial charge < -0.3 is 10.5 Å². The van der Waals surface area contributed by atoms with E-state index in [0.717, 1.165) is 30.3 Å². The minimum absolute atomic E-state index is 0.196. The Balaban J connectivity index is 2.32. The van der Waals surface area contributed by atoms with Crippen molar-refractivity contribution in [3.63, 3.8) is 0 Å². The number of carbonyl (C=O) groups is 1. The molecule has 0 radical (unpaired) electrons. The summed E-state index contributed by atoms with van der Waals surface area (Å²) in [5.41, 5.74) is 3.64. The van der Waals surface area contributed by atoms with Gasteiger partial charge in [-0.15, -0.1) is 0 Å². The van der Waals surface area contributed by atoms with E-state index < -0.39 is 29.2 Å². The fraction of sp³-hybridized carbons (Fsp3) is 0.0769. The van der Waals surface area contributed by atoms with Gasteiger partial charge in [-0.2, -0.15) is 13.2 Å². The molecule has 0 aliphatic heterocycles. The van der Waals surface area contributed by atoms with E-state index in [9.17, 15) is 22.4 Å². The Hall–Kier alpha value is -2.64. The number of aromatic nitrogens is 1. The van der Waals surface area contributed by atoms with Crippen LogP contribution in [-0.4, -0.2) is 10.9 Å². The molecule has 2 aromatic rings. The van der Waals surface area contributed by atoms with Gasteiger partial charge in [0, 0.05) is 12.1 Å². The Labute approximate surface area is 116 Å². The quantitative estimate of drug-likeness (QED) is 0.886. The SMILES string of the molecule is NC(=O)c1cc(F)cc(Oc2cccc(C(F)(F)F)c2)n1. The molecule has 0 saturated carbocycles. The number of amides is 1. The maximum atomic E-state index is 13.3. The standard InChI is InChI=1S/C13H8F4N2O2/c14-8-5-10(12(18)20)19-11(6-8)21-9-3-1-2-7(4-9)13(15,16)17/h1-6H,(H2,18,20). The van der Waals surface area contributed by atoms with Crippen molar-refractivity contribution in [3.05, 3.63) is 53.5 Å². The smallest absolute Gasteiger partial charge is 0.416 e. The summed E-state index contributed by atoms with van der Waals surface area (Å²) in [6, 6.07) is 5.59. The molecule has 0 saturated heterocycles. The largest absolute Gasteiger partial charge is 0.439 e. The minimum atomic E-state index is -4.53. The highest BCUT2D eigenvalue weighted by molar-refractivity contribution is 5.90. The Morgan fingerprint density at radius 3 is 2.52 bits per heavy atom. The number of alkyl halides is 3. The number of halogens is 4. The summed E-state index contributed by atoms with van der Waals surface area (Å²) in [7, 11) is 0. The van der Waals surface area contributed by atoms with Crippen LogP contribution in [-0.2, 0) is 6.18 Å². The molecule has 1 heterocycles. The third-order valence-corrected chi connectivity index (χ3v) is 2.40. The van der Waals surface area contributed by atoms with Gasteiger partial charge in [-0.3, -0.25) is 4.79 Å². The van der Waals surface area contributed by atoms with Crippen LogP contribution in [0.15, 0.2) is 36.4 Å². The molecule has 0 unspecified atom stereocenters. The number of hydrogen-bond acceptors (Lipinski definition) is 3. The zero-order valence-electron chi connectivity index (χ0n) is 10.3. The molecule has 2 N–H and O–H groups in total. The van der Waals surface area contributed by atoms with Crippen molar-refractivity contribution >= 4 is 5.91 Å². The molecule has 0 spiro atoms. The Kier molecular flexibility index (Phi) is 3.79. The van der Waals surface area contributed by atoms with E-state index in [1.807, 2.05) is 0 Å². The van der Waals surface area contributed by atoms with E-state index in [1.54, 1.807) is 0 Å². The maximum Gasteiger partial charge on any atom is 0.416 e. The number of rotatable bonds is 3. The topological polar surface area (TPSA) is 65.2 Å². The van der Waals surface area contributed by atoms with Crippen LogP contribution in [0.4, 0.5) is 17.6 Å². The number of pyridine rings is 1. The number of carbonyl (C=O) groups excluding carboxylic acids is 1. The van der Waals surface area contributed by atoms with Crippen molar-refractivity contribution in [2.45, 2.75) is 6.18 Å². The lowest BCUT2D eigenvalue weighted by Crippen LogP contribution is -2.13. The molecule has 8 heteroatoms. The van der Waals surface area contributed by atoms with Crippen LogP contribution in [0.3, 0.4) is 0 Å². The van der Waals surface area contributed by atoms with Gasteiger partial charge >= 0.3 is 6.18 Å². The van der Waals surface area contributed by atoms with Crippen LogP contribution in [0.5, 0.6) is 11.6 Å². The van der Waals surface area contributed by atoms with E-state index in [2.05, 4.69) is 4.98 Å². The first-order chi connectivity index (χ1) is 9.75. The summed E-state index contributed by atoms with van der Waals surface area (Å²) in [4.78, 5) is 14.5. The zero-order chi connectivity index (χ0) is 15.6. The first-order valence-electron chi connectivity index (χ1n) is 5.58. The van der Waals surface area contributed by atoms with Crippen LogP contribution >= 0.6 is 0 Å². The average Bonchev–Trinajstić information content (AvgIpc) is 2.37. The molecule has 0 aliphatic carbocycles. The highest BCUT2D eigenvalue weighted by Gasteiger charge is 2.30. The molecule has 110 valence electrons. The van der Waals surface area contributed by atoms with Gasteiger partial charge in [0.05, 0.1) is 5.56 Å². The van der Waals surface area contributed by atoms with Crippen LogP contribution in [0.1, 0.15) is 16.1 Å². The lowest BCUT2D eigenvalue weighted by molar-refractivity contribution is -0.137. The summed E-state index contributed by atoms with van der Waals surface area (Å²) in [5, 5.41) is 0. The van der Waals surface area contributed by atoms with E-state index in [4.69, 9.17) is 10.5 Å². The normalized spacial score (nSPS) is 11.2. The average molecular weight is 300 g/mol. The zero-order valence-corrected chi connectivity index (χ0v) is 10.3. The third kappa shape index (κ3) is 3.68. The molecule has 1 amide bonds. The fourth-order valence-corrected chi connectivity index (χ4v) is 1.51. The summed E-state index contributed by atoms with van der Waals surface area (Å²) in [6.07, 6.45) is -4.53. The minimum Gasteiger partial charge on any atom is -0.439 e. The number of benzene rings is 1. The number of ether oxygens (including phenoxy) is 1. The van der Waals surface area contributed by atoms with E-state index in [0.29, 0.717) is 0 Å². The lowest BCUT2D eigenvalue weighted by atomic mass is 10.2. The van der Waals surface area contributed by atoms with Crippen molar-refractivity contribution in [3.8, 4) is 11.6 Å². The number of primary amides is 1. The second kappa shape index (κ2) is 5.39. The first kappa shape index (κ1) is 14.8. The Morgan fingerprint density at radius 1 is 1.19 bits per heavy atom. The predicted molar refractivity (Wildman–Crippen MR) is 64.2 cm³/mol. The second-order valence-corrected chi connectivity index (χ2v) is 4.00. The summed E-state index contributed by atoms with van der Waals surface area (Å²) in [6.45, 7) is 0. The number of hydrogen-bond donors (Lipinski definition) is 1. The Bertz CT molecular complexity index is 686. The molecule has 4 nitrogen and oxygen atoms in total. The van der Waals surface area contributed by atoms with Crippen molar-refractivity contribution < 1.29 is 27.1 Å². The van der Waals surface area contributed by atoms with Gasteiger partial charge in [-0.05, 0) is 18.2 Å². The molecule has 2 rings (SSSR count). The van der Waals surface area contributed by atoms with Gasteiger partial charge in [-0.25, -0.2) is 9.37 Å². The van der Waals surface area contributed by atoms with Crippen LogP contribution in [0, 0.1) is 5.82 Å².